The fourth-order valence-corrected chi connectivity index (χ4v) is 4.43. The van der Waals surface area contributed by atoms with Gasteiger partial charge in [-0.3, -0.25) is 9.52 Å². The van der Waals surface area contributed by atoms with Gasteiger partial charge < -0.3 is 5.32 Å². The van der Waals surface area contributed by atoms with E-state index in [9.17, 15) is 13.2 Å². The third-order valence-electron chi connectivity index (χ3n) is 5.37. The maximum absolute atomic E-state index is 12.7. The van der Waals surface area contributed by atoms with Crippen LogP contribution in [0.2, 0.25) is 0 Å². The van der Waals surface area contributed by atoms with Gasteiger partial charge >= 0.3 is 0 Å². The molecule has 0 aliphatic heterocycles. The van der Waals surface area contributed by atoms with Crippen LogP contribution in [-0.4, -0.2) is 29.1 Å². The number of carbonyl (C=O) groups is 1. The van der Waals surface area contributed by atoms with Crippen molar-refractivity contribution in [2.75, 3.05) is 10.0 Å². The molecular weight excluding hydrogens is 438 g/mol. The number of rotatable bonds is 6. The molecule has 2 heterocycles. The van der Waals surface area contributed by atoms with Gasteiger partial charge in [-0.05, 0) is 81.3 Å². The summed E-state index contributed by atoms with van der Waals surface area (Å²) in [6.07, 6.45) is 3.19. The highest BCUT2D eigenvalue weighted by molar-refractivity contribution is 7.92. The van der Waals surface area contributed by atoms with E-state index in [2.05, 4.69) is 20.1 Å². The Morgan fingerprint density at radius 3 is 2.30 bits per heavy atom. The largest absolute Gasteiger partial charge is 0.322 e. The van der Waals surface area contributed by atoms with Crippen molar-refractivity contribution in [3.63, 3.8) is 0 Å². The van der Waals surface area contributed by atoms with Crippen molar-refractivity contribution in [3.8, 4) is 0 Å². The van der Waals surface area contributed by atoms with Gasteiger partial charge in [-0.25, -0.2) is 18.1 Å². The first-order valence-corrected chi connectivity index (χ1v) is 12.0. The maximum Gasteiger partial charge on any atom is 0.261 e. The first-order valence-electron chi connectivity index (χ1n) is 10.5. The Morgan fingerprint density at radius 1 is 0.939 bits per heavy atom. The lowest BCUT2D eigenvalue weighted by molar-refractivity contribution is 0.102. The van der Waals surface area contributed by atoms with E-state index in [0.717, 1.165) is 16.5 Å². The van der Waals surface area contributed by atoms with Gasteiger partial charge in [0.05, 0.1) is 16.7 Å². The standard InChI is InChI=1S/C24H25N5O3S/c1-15(2)29-23-18(14-26-29)12-19(13-25-23)24(30)27-20-7-9-22(10-8-20)33(31,32)28-21-6-5-16(3)17(4)11-21/h5-15,28H,1-4H3,(H,27,30). The van der Waals surface area contributed by atoms with E-state index in [0.29, 0.717) is 22.6 Å². The molecule has 0 radical (unpaired) electrons. The van der Waals surface area contributed by atoms with Crippen LogP contribution < -0.4 is 10.0 Å². The molecule has 2 aromatic carbocycles. The number of pyridine rings is 1. The van der Waals surface area contributed by atoms with Crippen molar-refractivity contribution in [3.05, 3.63) is 77.6 Å². The number of amides is 1. The van der Waals surface area contributed by atoms with Crippen molar-refractivity contribution in [2.45, 2.75) is 38.6 Å². The molecule has 0 fully saturated rings. The zero-order chi connectivity index (χ0) is 23.8. The van der Waals surface area contributed by atoms with Crippen molar-refractivity contribution in [2.24, 2.45) is 0 Å². The molecule has 33 heavy (non-hydrogen) atoms. The zero-order valence-corrected chi connectivity index (χ0v) is 19.6. The van der Waals surface area contributed by atoms with E-state index < -0.39 is 10.0 Å². The number of nitrogens with zero attached hydrogens (tertiary/aromatic N) is 3. The first-order chi connectivity index (χ1) is 15.6. The number of fused-ring (bicyclic) bond motifs is 1. The molecule has 0 spiro atoms. The Labute approximate surface area is 192 Å². The lowest BCUT2D eigenvalue weighted by Crippen LogP contribution is -2.14. The molecule has 0 bridgehead atoms. The van der Waals surface area contributed by atoms with Crippen LogP contribution in [0.1, 0.15) is 41.4 Å². The van der Waals surface area contributed by atoms with Gasteiger partial charge in [-0.15, -0.1) is 0 Å². The Kier molecular flexibility index (Phi) is 5.90. The number of sulfonamides is 1. The SMILES string of the molecule is Cc1ccc(NS(=O)(=O)c2ccc(NC(=O)c3cnc4c(cnn4C(C)C)c3)cc2)cc1C. The summed E-state index contributed by atoms with van der Waals surface area (Å²) >= 11 is 0. The first kappa shape index (κ1) is 22.5. The van der Waals surface area contributed by atoms with Crippen LogP contribution in [0.15, 0.2) is 65.8 Å². The molecule has 2 N–H and O–H groups in total. The van der Waals surface area contributed by atoms with E-state index in [-0.39, 0.29) is 16.8 Å². The van der Waals surface area contributed by atoms with Crippen LogP contribution in [0.25, 0.3) is 11.0 Å². The predicted molar refractivity (Wildman–Crippen MR) is 129 cm³/mol. The number of hydrogen-bond donors (Lipinski definition) is 2. The second kappa shape index (κ2) is 8.67. The van der Waals surface area contributed by atoms with Gasteiger partial charge in [-0.2, -0.15) is 5.10 Å². The topological polar surface area (TPSA) is 106 Å². The summed E-state index contributed by atoms with van der Waals surface area (Å²) in [5, 5.41) is 7.86. The van der Waals surface area contributed by atoms with Crippen LogP contribution in [0.3, 0.4) is 0 Å². The average Bonchev–Trinajstić information content (AvgIpc) is 3.20. The van der Waals surface area contributed by atoms with E-state index in [1.807, 2.05) is 33.8 Å². The molecule has 0 unspecified atom stereocenters. The minimum Gasteiger partial charge on any atom is -0.322 e. The number of benzene rings is 2. The predicted octanol–water partition coefficient (Wildman–Crippen LogP) is 4.68. The molecule has 0 saturated carbocycles. The third-order valence-corrected chi connectivity index (χ3v) is 6.76. The molecule has 4 rings (SSSR count). The summed E-state index contributed by atoms with van der Waals surface area (Å²) in [6.45, 7) is 7.91. The third kappa shape index (κ3) is 4.73. The highest BCUT2D eigenvalue weighted by Crippen LogP contribution is 2.21. The monoisotopic (exact) mass is 463 g/mol. The molecule has 0 saturated heterocycles. The van der Waals surface area contributed by atoms with Crippen LogP contribution in [0, 0.1) is 13.8 Å². The van der Waals surface area contributed by atoms with Crippen LogP contribution >= 0.6 is 0 Å². The lowest BCUT2D eigenvalue weighted by atomic mass is 10.1. The highest BCUT2D eigenvalue weighted by atomic mass is 32.2. The number of carbonyl (C=O) groups excluding carboxylic acids is 1. The molecule has 1 amide bonds. The highest BCUT2D eigenvalue weighted by Gasteiger charge is 2.16. The Bertz CT molecular complexity index is 1440. The Morgan fingerprint density at radius 2 is 1.64 bits per heavy atom. The van der Waals surface area contributed by atoms with Crippen LogP contribution in [-0.2, 0) is 10.0 Å². The second-order valence-electron chi connectivity index (χ2n) is 8.20. The van der Waals surface area contributed by atoms with E-state index >= 15 is 0 Å². The van der Waals surface area contributed by atoms with E-state index in [1.54, 1.807) is 41.2 Å². The van der Waals surface area contributed by atoms with Crippen molar-refractivity contribution < 1.29 is 13.2 Å². The van der Waals surface area contributed by atoms with Crippen molar-refractivity contribution in [1.29, 1.82) is 0 Å². The molecule has 4 aromatic rings. The summed E-state index contributed by atoms with van der Waals surface area (Å²) in [5.41, 5.74) is 4.16. The quantitative estimate of drug-likeness (QED) is 0.432. The Balaban J connectivity index is 1.48. The fraction of sp³-hybridized carbons (Fsp3) is 0.208. The smallest absolute Gasteiger partial charge is 0.261 e. The molecule has 9 heteroatoms. The number of anilines is 2. The molecule has 0 aliphatic carbocycles. The maximum atomic E-state index is 12.7. The van der Waals surface area contributed by atoms with Crippen LogP contribution in [0.5, 0.6) is 0 Å². The summed E-state index contributed by atoms with van der Waals surface area (Å²) in [5.74, 6) is -0.342. The number of aryl methyl sites for hydroxylation is 2. The lowest BCUT2D eigenvalue weighted by Gasteiger charge is -2.11. The summed E-state index contributed by atoms with van der Waals surface area (Å²) in [4.78, 5) is 17.1. The van der Waals surface area contributed by atoms with E-state index in [4.69, 9.17) is 0 Å². The molecule has 8 nitrogen and oxygen atoms in total. The normalized spacial score (nSPS) is 11.7. The number of aromatic nitrogens is 3. The second-order valence-corrected chi connectivity index (χ2v) is 9.89. The minimum absolute atomic E-state index is 0.0999. The van der Waals surface area contributed by atoms with E-state index in [1.165, 1.54) is 18.3 Å². The van der Waals surface area contributed by atoms with Gasteiger partial charge in [0.15, 0.2) is 5.65 Å². The van der Waals surface area contributed by atoms with Gasteiger partial charge in [0, 0.05) is 29.0 Å². The Hall–Kier alpha value is -3.72. The summed E-state index contributed by atoms with van der Waals surface area (Å²) in [7, 11) is -3.75. The molecule has 170 valence electrons. The van der Waals surface area contributed by atoms with Gasteiger partial charge in [0.25, 0.3) is 15.9 Å². The van der Waals surface area contributed by atoms with Gasteiger partial charge in [0.1, 0.15) is 0 Å². The fourth-order valence-electron chi connectivity index (χ4n) is 3.38. The minimum atomic E-state index is -3.75. The number of nitrogens with one attached hydrogen (secondary N) is 2. The van der Waals surface area contributed by atoms with Gasteiger partial charge in [-0.1, -0.05) is 6.07 Å². The zero-order valence-electron chi connectivity index (χ0n) is 18.8. The summed E-state index contributed by atoms with van der Waals surface area (Å²) < 4.78 is 29.8. The summed E-state index contributed by atoms with van der Waals surface area (Å²) in [6, 6.07) is 13.3. The average molecular weight is 464 g/mol. The molecule has 2 aromatic heterocycles. The molecule has 0 atom stereocenters. The van der Waals surface area contributed by atoms with Gasteiger partial charge in [0.2, 0.25) is 0 Å². The van der Waals surface area contributed by atoms with Crippen molar-refractivity contribution >= 4 is 38.3 Å². The molecule has 0 aliphatic rings. The van der Waals surface area contributed by atoms with Crippen molar-refractivity contribution in [1.82, 2.24) is 14.8 Å². The number of hydrogen-bond acceptors (Lipinski definition) is 5. The molecular formula is C24H25N5O3S. The van der Waals surface area contributed by atoms with Crippen LogP contribution in [0.4, 0.5) is 11.4 Å².